The highest BCUT2D eigenvalue weighted by atomic mass is 35.5. The van der Waals surface area contributed by atoms with Gasteiger partial charge < -0.3 is 10.1 Å². The molecule has 0 bridgehead atoms. The van der Waals surface area contributed by atoms with E-state index in [2.05, 4.69) is 20.1 Å². The summed E-state index contributed by atoms with van der Waals surface area (Å²) >= 11 is 5.92. The standard InChI is InChI=1S/C15H14ClN3O.C3H7NO2/c1-11-8-14(16)18-15(9-11)19(12(2)20)17-10-13-6-4-3-5-7-13;1-6-3-4-2-5/h3-10H,1-2H3;2H,3H2,1H3,(H,4,5)/b17-10-;. The zero-order valence-corrected chi connectivity index (χ0v) is 15.6. The van der Waals surface area contributed by atoms with E-state index in [-0.39, 0.29) is 5.91 Å². The van der Waals surface area contributed by atoms with Crippen LogP contribution in [0.5, 0.6) is 0 Å². The van der Waals surface area contributed by atoms with Gasteiger partial charge >= 0.3 is 0 Å². The molecule has 138 valence electrons. The van der Waals surface area contributed by atoms with Crippen LogP contribution in [0.4, 0.5) is 5.82 Å². The number of carbonyl (C=O) groups excluding carboxylic acids is 2. The number of ether oxygens (including phenoxy) is 1. The van der Waals surface area contributed by atoms with Crippen LogP contribution in [0.3, 0.4) is 0 Å². The molecule has 2 rings (SSSR count). The third kappa shape index (κ3) is 7.87. The fourth-order valence-electron chi connectivity index (χ4n) is 1.80. The highest BCUT2D eigenvalue weighted by molar-refractivity contribution is 6.29. The molecule has 1 aromatic carbocycles. The Morgan fingerprint density at radius 2 is 2.04 bits per heavy atom. The number of aromatic nitrogens is 1. The number of rotatable bonds is 6. The molecule has 2 aromatic rings. The van der Waals surface area contributed by atoms with Crippen LogP contribution in [0.2, 0.25) is 5.15 Å². The van der Waals surface area contributed by atoms with Gasteiger partial charge in [0.2, 0.25) is 12.3 Å². The van der Waals surface area contributed by atoms with Gasteiger partial charge in [0.05, 0.1) is 6.21 Å². The summed E-state index contributed by atoms with van der Waals surface area (Å²) in [7, 11) is 1.51. The Bertz CT molecular complexity index is 718. The largest absolute Gasteiger partial charge is 0.365 e. The van der Waals surface area contributed by atoms with Gasteiger partial charge in [0, 0.05) is 14.0 Å². The van der Waals surface area contributed by atoms with Gasteiger partial charge in [0.25, 0.3) is 0 Å². The Morgan fingerprint density at radius 1 is 1.35 bits per heavy atom. The van der Waals surface area contributed by atoms with Crippen LogP contribution in [-0.2, 0) is 14.3 Å². The summed E-state index contributed by atoms with van der Waals surface area (Å²) in [6.07, 6.45) is 2.20. The molecule has 8 heteroatoms. The van der Waals surface area contributed by atoms with Crippen molar-refractivity contribution in [3.8, 4) is 0 Å². The van der Waals surface area contributed by atoms with Gasteiger partial charge in [-0.1, -0.05) is 41.9 Å². The number of nitrogens with one attached hydrogen (secondary N) is 1. The average molecular weight is 377 g/mol. The molecule has 2 amide bonds. The molecule has 0 saturated carbocycles. The van der Waals surface area contributed by atoms with E-state index in [9.17, 15) is 9.59 Å². The van der Waals surface area contributed by atoms with E-state index >= 15 is 0 Å². The predicted molar refractivity (Wildman–Crippen MR) is 102 cm³/mol. The van der Waals surface area contributed by atoms with Gasteiger partial charge in [-0.2, -0.15) is 10.1 Å². The first-order chi connectivity index (χ1) is 12.5. The fourth-order valence-corrected chi connectivity index (χ4v) is 2.06. The molecule has 0 radical (unpaired) electrons. The molecule has 0 unspecified atom stereocenters. The first-order valence-electron chi connectivity index (χ1n) is 7.67. The van der Waals surface area contributed by atoms with E-state index in [1.54, 1.807) is 18.3 Å². The number of nitrogens with zero attached hydrogens (tertiary/aromatic N) is 3. The van der Waals surface area contributed by atoms with Crippen LogP contribution in [0, 0.1) is 6.92 Å². The average Bonchev–Trinajstić information content (AvgIpc) is 2.60. The normalized spacial score (nSPS) is 10.0. The number of carbonyl (C=O) groups is 2. The lowest BCUT2D eigenvalue weighted by atomic mass is 10.2. The maximum absolute atomic E-state index is 11.7. The zero-order valence-electron chi connectivity index (χ0n) is 14.8. The summed E-state index contributed by atoms with van der Waals surface area (Å²) < 4.78 is 4.44. The summed E-state index contributed by atoms with van der Waals surface area (Å²) in [5.74, 6) is 0.182. The van der Waals surface area contributed by atoms with Crippen molar-refractivity contribution in [2.24, 2.45) is 5.10 Å². The fraction of sp³-hybridized carbons (Fsp3) is 0.222. The highest BCUT2D eigenvalue weighted by Crippen LogP contribution is 2.18. The second kappa shape index (κ2) is 11.7. The number of methoxy groups -OCH3 is 1. The lowest BCUT2D eigenvalue weighted by molar-refractivity contribution is -0.116. The Morgan fingerprint density at radius 3 is 2.54 bits per heavy atom. The van der Waals surface area contributed by atoms with Crippen LogP contribution in [0.1, 0.15) is 18.1 Å². The summed E-state index contributed by atoms with van der Waals surface area (Å²) in [6.45, 7) is 3.61. The maximum Gasteiger partial charge on any atom is 0.245 e. The minimum atomic E-state index is -0.230. The van der Waals surface area contributed by atoms with E-state index in [1.165, 1.54) is 19.0 Å². The molecule has 1 aromatic heterocycles. The molecular weight excluding hydrogens is 356 g/mol. The topological polar surface area (TPSA) is 83.9 Å². The number of hydrogen-bond acceptors (Lipinski definition) is 5. The van der Waals surface area contributed by atoms with Crippen molar-refractivity contribution in [3.05, 3.63) is 58.7 Å². The van der Waals surface area contributed by atoms with E-state index in [0.717, 1.165) is 11.1 Å². The molecule has 7 nitrogen and oxygen atoms in total. The number of pyridine rings is 1. The van der Waals surface area contributed by atoms with Crippen molar-refractivity contribution in [1.29, 1.82) is 0 Å². The summed E-state index contributed by atoms with van der Waals surface area (Å²) in [5, 5.41) is 8.04. The van der Waals surface area contributed by atoms with Gasteiger partial charge in [-0.3, -0.25) is 9.59 Å². The monoisotopic (exact) mass is 376 g/mol. The number of anilines is 1. The number of benzene rings is 1. The van der Waals surface area contributed by atoms with Crippen molar-refractivity contribution in [1.82, 2.24) is 10.3 Å². The first-order valence-corrected chi connectivity index (χ1v) is 8.05. The number of hydrogen-bond donors (Lipinski definition) is 1. The third-order valence-corrected chi connectivity index (χ3v) is 3.07. The number of hydrazone groups is 1. The minimum absolute atomic E-state index is 0.230. The molecule has 26 heavy (non-hydrogen) atoms. The van der Waals surface area contributed by atoms with Crippen LogP contribution in [-0.4, -0.2) is 37.4 Å². The minimum Gasteiger partial charge on any atom is -0.365 e. The van der Waals surface area contributed by atoms with Crippen molar-refractivity contribution in [2.45, 2.75) is 13.8 Å². The molecule has 0 aliphatic heterocycles. The van der Waals surface area contributed by atoms with Gasteiger partial charge in [0.1, 0.15) is 11.9 Å². The Kier molecular flexibility index (Phi) is 9.59. The summed E-state index contributed by atoms with van der Waals surface area (Å²) in [5.41, 5.74) is 1.82. The molecular formula is C18H21ClN4O3. The lowest BCUT2D eigenvalue weighted by Crippen LogP contribution is -2.23. The van der Waals surface area contributed by atoms with Crippen molar-refractivity contribution in [3.63, 3.8) is 0 Å². The molecule has 1 heterocycles. The van der Waals surface area contributed by atoms with Crippen molar-refractivity contribution >= 4 is 36.0 Å². The van der Waals surface area contributed by atoms with Gasteiger partial charge in [-0.25, -0.2) is 4.98 Å². The lowest BCUT2D eigenvalue weighted by Gasteiger charge is -2.14. The summed E-state index contributed by atoms with van der Waals surface area (Å²) in [6, 6.07) is 13.0. The van der Waals surface area contributed by atoms with Crippen molar-refractivity contribution in [2.75, 3.05) is 18.8 Å². The quantitative estimate of drug-likeness (QED) is 0.210. The Labute approximate surface area is 157 Å². The molecule has 0 aliphatic rings. The Hall–Kier alpha value is -2.77. The van der Waals surface area contributed by atoms with Crippen LogP contribution >= 0.6 is 11.6 Å². The molecule has 0 fully saturated rings. The summed E-state index contributed by atoms with van der Waals surface area (Å²) in [4.78, 5) is 25.2. The molecule has 0 atom stereocenters. The third-order valence-electron chi connectivity index (χ3n) is 2.87. The second-order valence-electron chi connectivity index (χ2n) is 5.07. The number of aryl methyl sites for hydroxylation is 1. The van der Waals surface area contributed by atoms with Crippen molar-refractivity contribution < 1.29 is 14.3 Å². The van der Waals surface area contributed by atoms with Crippen LogP contribution in [0.15, 0.2) is 47.6 Å². The second-order valence-corrected chi connectivity index (χ2v) is 5.45. The smallest absolute Gasteiger partial charge is 0.245 e. The predicted octanol–water partition coefficient (Wildman–Crippen LogP) is 2.77. The first kappa shape index (κ1) is 21.3. The number of halogens is 1. The van der Waals surface area contributed by atoms with Gasteiger partial charge in [-0.15, -0.1) is 0 Å². The van der Waals surface area contributed by atoms with E-state index in [4.69, 9.17) is 11.6 Å². The van der Waals surface area contributed by atoms with Crippen LogP contribution in [0.25, 0.3) is 0 Å². The van der Waals surface area contributed by atoms with E-state index in [0.29, 0.717) is 24.1 Å². The number of amides is 2. The SMILES string of the molecule is CC(=O)N(/N=C\c1ccccc1)c1cc(C)cc(Cl)n1.COCNC=O. The van der Waals surface area contributed by atoms with E-state index < -0.39 is 0 Å². The molecule has 0 aliphatic carbocycles. The van der Waals surface area contributed by atoms with E-state index in [1.807, 2.05) is 37.3 Å². The highest BCUT2D eigenvalue weighted by Gasteiger charge is 2.12. The molecule has 1 N–H and O–H groups in total. The van der Waals surface area contributed by atoms with Gasteiger partial charge in [0.15, 0.2) is 5.82 Å². The maximum atomic E-state index is 11.7. The zero-order chi connectivity index (χ0) is 19.4. The molecule has 0 spiro atoms. The van der Waals surface area contributed by atoms with Gasteiger partial charge in [-0.05, 0) is 30.2 Å². The molecule has 0 saturated heterocycles. The Balaban J connectivity index is 0.000000487. The van der Waals surface area contributed by atoms with Crippen LogP contribution < -0.4 is 10.3 Å².